The van der Waals surface area contributed by atoms with Crippen LogP contribution in [0.25, 0.3) is 0 Å². The number of aromatic nitrogens is 4. The summed E-state index contributed by atoms with van der Waals surface area (Å²) in [6.07, 6.45) is 4.64. The maximum atomic E-state index is 9.49. The van der Waals surface area contributed by atoms with Crippen molar-refractivity contribution in [1.29, 1.82) is 0 Å². The van der Waals surface area contributed by atoms with Crippen molar-refractivity contribution in [2.45, 2.75) is 25.5 Å². The number of rotatable bonds is 8. The summed E-state index contributed by atoms with van der Waals surface area (Å²) < 4.78 is 12.7. The Hall–Kier alpha value is -2.03. The lowest BCUT2D eigenvalue weighted by atomic mass is 10.0. The summed E-state index contributed by atoms with van der Waals surface area (Å²) in [5.41, 5.74) is 0.970. The Labute approximate surface area is 147 Å². The molecule has 25 heavy (non-hydrogen) atoms. The van der Waals surface area contributed by atoms with Crippen molar-refractivity contribution in [2.75, 3.05) is 38.4 Å². The molecule has 0 aliphatic carbocycles. The minimum atomic E-state index is 0.0376. The van der Waals surface area contributed by atoms with Gasteiger partial charge < -0.3 is 24.0 Å². The van der Waals surface area contributed by atoms with Gasteiger partial charge in [-0.2, -0.15) is 0 Å². The van der Waals surface area contributed by atoms with Crippen LogP contribution in [-0.2, 0) is 29.7 Å². The lowest BCUT2D eigenvalue weighted by molar-refractivity contribution is 0.177. The maximum absolute atomic E-state index is 9.49. The van der Waals surface area contributed by atoms with Crippen molar-refractivity contribution in [3.8, 4) is 0 Å². The van der Waals surface area contributed by atoms with E-state index in [1.54, 1.807) is 13.3 Å². The second kappa shape index (κ2) is 8.37. The van der Waals surface area contributed by atoms with Crippen LogP contribution in [-0.4, -0.2) is 58.1 Å². The van der Waals surface area contributed by atoms with Crippen molar-refractivity contribution >= 4 is 5.82 Å². The third-order valence-electron chi connectivity index (χ3n) is 4.35. The fraction of sp³-hybridized carbons (Fsp3) is 0.588. The SMILES string of the molecule is COCc1nc([C@H]2CCOC2)cc(N(CCO)Cc2nccn2C)n1. The van der Waals surface area contributed by atoms with Crippen molar-refractivity contribution in [3.63, 3.8) is 0 Å². The summed E-state index contributed by atoms with van der Waals surface area (Å²) in [5, 5.41) is 9.49. The van der Waals surface area contributed by atoms with E-state index in [1.807, 2.05) is 28.8 Å². The molecule has 136 valence electrons. The zero-order chi connectivity index (χ0) is 17.6. The molecule has 1 N–H and O–H groups in total. The largest absolute Gasteiger partial charge is 0.395 e. The van der Waals surface area contributed by atoms with E-state index in [1.165, 1.54) is 0 Å². The molecule has 0 aromatic carbocycles. The second-order valence-electron chi connectivity index (χ2n) is 6.16. The van der Waals surface area contributed by atoms with Gasteiger partial charge in [-0.25, -0.2) is 15.0 Å². The van der Waals surface area contributed by atoms with E-state index < -0.39 is 0 Å². The Bertz CT molecular complexity index is 685. The van der Waals surface area contributed by atoms with Crippen molar-refractivity contribution in [3.05, 3.63) is 35.8 Å². The highest BCUT2D eigenvalue weighted by Crippen LogP contribution is 2.26. The van der Waals surface area contributed by atoms with Crippen LogP contribution in [0, 0.1) is 0 Å². The summed E-state index contributed by atoms with van der Waals surface area (Å²) in [7, 11) is 3.59. The van der Waals surface area contributed by atoms with E-state index in [0.717, 1.165) is 30.4 Å². The van der Waals surface area contributed by atoms with E-state index in [-0.39, 0.29) is 12.5 Å². The minimum absolute atomic E-state index is 0.0376. The molecule has 1 fully saturated rings. The van der Waals surface area contributed by atoms with Crippen LogP contribution in [0.4, 0.5) is 5.82 Å². The van der Waals surface area contributed by atoms with Crippen LogP contribution < -0.4 is 4.90 Å². The fourth-order valence-electron chi connectivity index (χ4n) is 2.95. The quantitative estimate of drug-likeness (QED) is 0.758. The second-order valence-corrected chi connectivity index (χ2v) is 6.16. The van der Waals surface area contributed by atoms with E-state index in [4.69, 9.17) is 9.47 Å². The average Bonchev–Trinajstić information content (AvgIpc) is 3.27. The molecule has 1 atom stereocenters. The number of anilines is 1. The molecule has 1 saturated heterocycles. The number of methoxy groups -OCH3 is 1. The third kappa shape index (κ3) is 4.33. The summed E-state index contributed by atoms with van der Waals surface area (Å²) in [6, 6.07) is 2.00. The van der Waals surface area contributed by atoms with E-state index in [0.29, 0.717) is 32.1 Å². The van der Waals surface area contributed by atoms with Crippen LogP contribution in [0.1, 0.15) is 29.7 Å². The van der Waals surface area contributed by atoms with Gasteiger partial charge in [-0.15, -0.1) is 0 Å². The third-order valence-corrected chi connectivity index (χ3v) is 4.35. The highest BCUT2D eigenvalue weighted by Gasteiger charge is 2.22. The van der Waals surface area contributed by atoms with Gasteiger partial charge in [0.1, 0.15) is 18.2 Å². The molecule has 8 heteroatoms. The van der Waals surface area contributed by atoms with Crippen molar-refractivity contribution < 1.29 is 14.6 Å². The van der Waals surface area contributed by atoms with Gasteiger partial charge >= 0.3 is 0 Å². The van der Waals surface area contributed by atoms with E-state index >= 15 is 0 Å². The number of aryl methyl sites for hydroxylation is 1. The van der Waals surface area contributed by atoms with Gasteiger partial charge in [0, 0.05) is 51.7 Å². The number of hydrogen-bond acceptors (Lipinski definition) is 7. The predicted molar refractivity (Wildman–Crippen MR) is 92.3 cm³/mol. The topological polar surface area (TPSA) is 85.5 Å². The van der Waals surface area contributed by atoms with Crippen LogP contribution in [0.15, 0.2) is 18.5 Å². The molecule has 0 radical (unpaired) electrons. The van der Waals surface area contributed by atoms with E-state index in [2.05, 4.69) is 15.0 Å². The minimum Gasteiger partial charge on any atom is -0.395 e. The van der Waals surface area contributed by atoms with Gasteiger partial charge in [-0.05, 0) is 6.42 Å². The van der Waals surface area contributed by atoms with E-state index in [9.17, 15) is 5.11 Å². The zero-order valence-electron chi connectivity index (χ0n) is 14.8. The van der Waals surface area contributed by atoms with Gasteiger partial charge in [0.25, 0.3) is 0 Å². The lowest BCUT2D eigenvalue weighted by Crippen LogP contribution is -2.29. The van der Waals surface area contributed by atoms with Gasteiger partial charge in [0.15, 0.2) is 5.82 Å². The number of hydrogen-bond donors (Lipinski definition) is 1. The molecule has 2 aromatic rings. The molecule has 0 spiro atoms. The van der Waals surface area contributed by atoms with Gasteiger partial charge in [-0.1, -0.05) is 0 Å². The van der Waals surface area contributed by atoms with Crippen molar-refractivity contribution in [1.82, 2.24) is 19.5 Å². The van der Waals surface area contributed by atoms with Crippen LogP contribution >= 0.6 is 0 Å². The summed E-state index contributed by atoms with van der Waals surface area (Å²) in [6.45, 7) is 2.87. The highest BCUT2D eigenvalue weighted by molar-refractivity contribution is 5.41. The molecule has 3 rings (SSSR count). The molecule has 0 unspecified atom stereocenters. The smallest absolute Gasteiger partial charge is 0.156 e. The predicted octanol–water partition coefficient (Wildman–Crippen LogP) is 0.859. The first-order chi connectivity index (χ1) is 12.2. The van der Waals surface area contributed by atoms with Crippen LogP contribution in [0.2, 0.25) is 0 Å². The summed E-state index contributed by atoms with van der Waals surface area (Å²) in [5.74, 6) is 2.61. The number of imidazole rings is 1. The van der Waals surface area contributed by atoms with Gasteiger partial charge in [-0.3, -0.25) is 0 Å². The molecule has 3 heterocycles. The molecule has 1 aliphatic rings. The standard InChI is InChI=1S/C17H25N5O3/c1-21-5-4-18-17(21)10-22(6-7-23)16-9-14(13-3-8-25-11-13)19-15(20-16)12-24-2/h4-5,9,13,23H,3,6-8,10-12H2,1-2H3/t13-/m0/s1. The number of aliphatic hydroxyl groups is 1. The molecular weight excluding hydrogens is 322 g/mol. The maximum Gasteiger partial charge on any atom is 0.156 e. The fourth-order valence-corrected chi connectivity index (χ4v) is 2.95. The Morgan fingerprint density at radius 3 is 2.96 bits per heavy atom. The van der Waals surface area contributed by atoms with Crippen LogP contribution in [0.5, 0.6) is 0 Å². The van der Waals surface area contributed by atoms with Gasteiger partial charge in [0.2, 0.25) is 0 Å². The summed E-state index contributed by atoms with van der Waals surface area (Å²) >= 11 is 0. The Morgan fingerprint density at radius 2 is 2.32 bits per heavy atom. The molecule has 0 saturated carbocycles. The monoisotopic (exact) mass is 347 g/mol. The number of nitrogens with zero attached hydrogens (tertiary/aromatic N) is 5. The Morgan fingerprint density at radius 1 is 1.44 bits per heavy atom. The number of aliphatic hydroxyl groups excluding tert-OH is 1. The Kier molecular flexibility index (Phi) is 5.95. The number of ether oxygens (including phenoxy) is 2. The average molecular weight is 347 g/mol. The first kappa shape index (κ1) is 17.8. The zero-order valence-corrected chi connectivity index (χ0v) is 14.8. The first-order valence-electron chi connectivity index (χ1n) is 8.47. The normalized spacial score (nSPS) is 17.2. The first-order valence-corrected chi connectivity index (χ1v) is 8.47. The van der Waals surface area contributed by atoms with Crippen LogP contribution in [0.3, 0.4) is 0 Å². The molecule has 0 amide bonds. The Balaban J connectivity index is 1.91. The molecular formula is C17H25N5O3. The lowest BCUT2D eigenvalue weighted by Gasteiger charge is -2.24. The molecule has 0 bridgehead atoms. The van der Waals surface area contributed by atoms with Gasteiger partial charge in [0.05, 0.1) is 25.5 Å². The summed E-state index contributed by atoms with van der Waals surface area (Å²) in [4.78, 5) is 15.7. The molecule has 8 nitrogen and oxygen atoms in total. The molecule has 1 aliphatic heterocycles. The highest BCUT2D eigenvalue weighted by atomic mass is 16.5. The van der Waals surface area contributed by atoms with Crippen molar-refractivity contribution in [2.24, 2.45) is 7.05 Å². The molecule has 2 aromatic heterocycles.